The SMILES string of the molecule is Nc1ccccc1-c1cn2c(n1)SCC2CN1CCOCC1. The van der Waals surface area contributed by atoms with Crippen LogP contribution in [-0.2, 0) is 4.74 Å². The van der Waals surface area contributed by atoms with Crippen molar-refractivity contribution < 1.29 is 4.74 Å². The van der Waals surface area contributed by atoms with Crippen molar-refractivity contribution in [3.8, 4) is 11.3 Å². The van der Waals surface area contributed by atoms with Gasteiger partial charge in [-0.25, -0.2) is 4.98 Å². The Morgan fingerprint density at radius 1 is 1.27 bits per heavy atom. The van der Waals surface area contributed by atoms with Gasteiger partial charge in [0.05, 0.1) is 24.9 Å². The third-order valence-electron chi connectivity index (χ3n) is 4.31. The van der Waals surface area contributed by atoms with E-state index < -0.39 is 0 Å². The largest absolute Gasteiger partial charge is 0.398 e. The molecule has 0 aliphatic carbocycles. The predicted molar refractivity (Wildman–Crippen MR) is 89.1 cm³/mol. The summed E-state index contributed by atoms with van der Waals surface area (Å²) >= 11 is 1.84. The van der Waals surface area contributed by atoms with Crippen molar-refractivity contribution >= 4 is 17.4 Å². The maximum absolute atomic E-state index is 6.08. The lowest BCUT2D eigenvalue weighted by molar-refractivity contribution is 0.0327. The molecule has 1 atom stereocenters. The zero-order valence-electron chi connectivity index (χ0n) is 12.4. The van der Waals surface area contributed by atoms with Crippen LogP contribution in [0.1, 0.15) is 6.04 Å². The second-order valence-electron chi connectivity index (χ2n) is 5.78. The van der Waals surface area contributed by atoms with Crippen molar-refractivity contribution in [3.05, 3.63) is 30.5 Å². The van der Waals surface area contributed by atoms with Crippen LogP contribution in [0.15, 0.2) is 35.6 Å². The molecule has 0 saturated carbocycles. The fourth-order valence-electron chi connectivity index (χ4n) is 3.08. The van der Waals surface area contributed by atoms with Crippen LogP contribution in [0.2, 0.25) is 0 Å². The highest BCUT2D eigenvalue weighted by atomic mass is 32.2. The van der Waals surface area contributed by atoms with Crippen LogP contribution in [0, 0.1) is 0 Å². The summed E-state index contributed by atoms with van der Waals surface area (Å²) in [6.07, 6.45) is 2.16. The van der Waals surface area contributed by atoms with Gasteiger partial charge in [0.15, 0.2) is 5.16 Å². The molecule has 116 valence electrons. The third kappa shape index (κ3) is 2.62. The lowest BCUT2D eigenvalue weighted by Crippen LogP contribution is -2.39. The maximum Gasteiger partial charge on any atom is 0.168 e. The number of aromatic nitrogens is 2. The number of benzene rings is 1. The van der Waals surface area contributed by atoms with Gasteiger partial charge in [-0.3, -0.25) is 4.90 Å². The third-order valence-corrected chi connectivity index (χ3v) is 5.42. The van der Waals surface area contributed by atoms with Crippen LogP contribution < -0.4 is 5.73 Å². The van der Waals surface area contributed by atoms with Crippen LogP contribution in [-0.4, -0.2) is 53.1 Å². The van der Waals surface area contributed by atoms with Gasteiger partial charge < -0.3 is 15.0 Å². The second kappa shape index (κ2) is 5.95. The van der Waals surface area contributed by atoms with Gasteiger partial charge >= 0.3 is 0 Å². The highest BCUT2D eigenvalue weighted by Crippen LogP contribution is 2.36. The first-order valence-corrected chi connectivity index (χ1v) is 8.66. The Labute approximate surface area is 134 Å². The van der Waals surface area contributed by atoms with E-state index in [2.05, 4.69) is 15.7 Å². The van der Waals surface area contributed by atoms with E-state index in [1.54, 1.807) is 0 Å². The number of hydrogen-bond donors (Lipinski definition) is 1. The average molecular weight is 316 g/mol. The predicted octanol–water partition coefficient (Wildman–Crippen LogP) is 2.11. The number of ether oxygens (including phenoxy) is 1. The van der Waals surface area contributed by atoms with Gasteiger partial charge in [0.1, 0.15) is 0 Å². The van der Waals surface area contributed by atoms with Gasteiger partial charge in [-0.1, -0.05) is 30.0 Å². The zero-order chi connectivity index (χ0) is 14.9. The maximum atomic E-state index is 6.08. The summed E-state index contributed by atoms with van der Waals surface area (Å²) in [5, 5.41) is 1.11. The Hall–Kier alpha value is -1.50. The molecule has 3 heterocycles. The minimum absolute atomic E-state index is 0.490. The Kier molecular flexibility index (Phi) is 3.82. The van der Waals surface area contributed by atoms with Gasteiger partial charge in [-0.05, 0) is 6.07 Å². The molecule has 1 saturated heterocycles. The monoisotopic (exact) mass is 316 g/mol. The number of nitrogen functional groups attached to an aromatic ring is 1. The van der Waals surface area contributed by atoms with Gasteiger partial charge in [-0.15, -0.1) is 0 Å². The fraction of sp³-hybridized carbons (Fsp3) is 0.438. The van der Waals surface area contributed by atoms with Gasteiger partial charge in [0.25, 0.3) is 0 Å². The molecule has 5 nitrogen and oxygen atoms in total. The van der Waals surface area contributed by atoms with Crippen LogP contribution >= 0.6 is 11.8 Å². The molecule has 1 aromatic heterocycles. The quantitative estimate of drug-likeness (QED) is 0.879. The molecule has 2 aliphatic heterocycles. The van der Waals surface area contributed by atoms with Crippen LogP contribution in [0.25, 0.3) is 11.3 Å². The van der Waals surface area contributed by atoms with Crippen molar-refractivity contribution in [1.82, 2.24) is 14.5 Å². The molecule has 4 rings (SSSR count). The lowest BCUT2D eigenvalue weighted by atomic mass is 10.1. The number of hydrogen-bond acceptors (Lipinski definition) is 5. The number of rotatable bonds is 3. The Balaban J connectivity index is 1.56. The summed E-state index contributed by atoms with van der Waals surface area (Å²) in [6.45, 7) is 4.84. The summed E-state index contributed by atoms with van der Waals surface area (Å²) in [7, 11) is 0. The number of morpholine rings is 1. The molecule has 0 spiro atoms. The Bertz CT molecular complexity index is 666. The topological polar surface area (TPSA) is 56.3 Å². The van der Waals surface area contributed by atoms with Crippen LogP contribution in [0.4, 0.5) is 5.69 Å². The summed E-state index contributed by atoms with van der Waals surface area (Å²) in [5.74, 6) is 1.10. The molecule has 2 N–H and O–H groups in total. The Morgan fingerprint density at radius 2 is 2.09 bits per heavy atom. The molecule has 6 heteroatoms. The molecule has 22 heavy (non-hydrogen) atoms. The number of imidazole rings is 1. The minimum Gasteiger partial charge on any atom is -0.398 e. The zero-order valence-corrected chi connectivity index (χ0v) is 13.3. The normalized spacial score (nSPS) is 21.9. The molecule has 0 bridgehead atoms. The van der Waals surface area contributed by atoms with Crippen molar-refractivity contribution in [2.24, 2.45) is 0 Å². The lowest BCUT2D eigenvalue weighted by Gasteiger charge is -2.29. The van der Waals surface area contributed by atoms with Crippen molar-refractivity contribution in [3.63, 3.8) is 0 Å². The molecule has 2 aliphatic rings. The molecule has 0 radical (unpaired) electrons. The number of anilines is 1. The minimum atomic E-state index is 0.490. The highest BCUT2D eigenvalue weighted by molar-refractivity contribution is 7.99. The highest BCUT2D eigenvalue weighted by Gasteiger charge is 2.27. The van der Waals surface area contributed by atoms with Crippen molar-refractivity contribution in [1.29, 1.82) is 0 Å². The van der Waals surface area contributed by atoms with E-state index in [-0.39, 0.29) is 0 Å². The van der Waals surface area contributed by atoms with E-state index in [1.165, 1.54) is 0 Å². The number of fused-ring (bicyclic) bond motifs is 1. The summed E-state index contributed by atoms with van der Waals surface area (Å²) in [5.41, 5.74) is 8.87. The summed E-state index contributed by atoms with van der Waals surface area (Å²) < 4.78 is 7.75. The molecule has 1 fully saturated rings. The van der Waals surface area contributed by atoms with Gasteiger partial charge in [-0.2, -0.15) is 0 Å². The first kappa shape index (κ1) is 14.1. The number of nitrogens with zero attached hydrogens (tertiary/aromatic N) is 3. The van der Waals surface area contributed by atoms with Gasteiger partial charge in [0.2, 0.25) is 0 Å². The van der Waals surface area contributed by atoms with E-state index in [9.17, 15) is 0 Å². The van der Waals surface area contributed by atoms with E-state index >= 15 is 0 Å². The number of para-hydroxylation sites is 1. The van der Waals surface area contributed by atoms with Crippen molar-refractivity contribution in [2.45, 2.75) is 11.2 Å². The van der Waals surface area contributed by atoms with E-state index in [0.29, 0.717) is 6.04 Å². The van der Waals surface area contributed by atoms with Crippen LogP contribution in [0.3, 0.4) is 0 Å². The van der Waals surface area contributed by atoms with Crippen molar-refractivity contribution in [2.75, 3.05) is 44.3 Å². The standard InChI is InChI=1S/C16H20N4OS/c17-14-4-2-1-3-13(14)15-10-20-12(11-22-16(20)18-15)9-19-5-7-21-8-6-19/h1-4,10,12H,5-9,11,17H2. The van der Waals surface area contributed by atoms with E-state index in [4.69, 9.17) is 15.5 Å². The fourth-order valence-corrected chi connectivity index (χ4v) is 4.20. The van der Waals surface area contributed by atoms with E-state index in [0.717, 1.165) is 60.7 Å². The smallest absolute Gasteiger partial charge is 0.168 e. The van der Waals surface area contributed by atoms with Gasteiger partial charge in [0, 0.05) is 42.8 Å². The molecular formula is C16H20N4OS. The summed E-state index contributed by atoms with van der Waals surface area (Å²) in [4.78, 5) is 7.25. The first-order valence-electron chi connectivity index (χ1n) is 7.68. The molecule has 1 unspecified atom stereocenters. The number of nitrogens with two attached hydrogens (primary N) is 1. The first-order chi connectivity index (χ1) is 10.8. The second-order valence-corrected chi connectivity index (χ2v) is 6.77. The number of thioether (sulfide) groups is 1. The molecule has 1 aromatic carbocycles. The Morgan fingerprint density at radius 3 is 2.91 bits per heavy atom. The van der Waals surface area contributed by atoms with Crippen LogP contribution in [0.5, 0.6) is 0 Å². The van der Waals surface area contributed by atoms with E-state index in [1.807, 2.05) is 36.0 Å². The molecule has 0 amide bonds. The molecule has 2 aromatic rings. The molecular weight excluding hydrogens is 296 g/mol. The average Bonchev–Trinajstić information content (AvgIpc) is 3.11. The summed E-state index contributed by atoms with van der Waals surface area (Å²) in [6, 6.07) is 8.42.